The van der Waals surface area contributed by atoms with Crippen molar-refractivity contribution in [1.29, 1.82) is 0 Å². The van der Waals surface area contributed by atoms with Crippen LogP contribution in [0.4, 0.5) is 0 Å². The number of hydrogen-bond donors (Lipinski definition) is 1. The minimum Gasteiger partial charge on any atom is -0.493 e. The molecule has 0 spiro atoms. The maximum absolute atomic E-state index is 12.4. The SMILES string of the molecule is COc1cc(C)c(C(C)NC(=O)CN(C)CCOc2ccccc2)cc1OC. The summed E-state index contributed by atoms with van der Waals surface area (Å²) < 4.78 is 16.4. The van der Waals surface area contributed by atoms with E-state index in [2.05, 4.69) is 5.32 Å². The van der Waals surface area contributed by atoms with Gasteiger partial charge in [0, 0.05) is 6.54 Å². The molecule has 1 N–H and O–H groups in total. The number of likely N-dealkylation sites (N-methyl/N-ethyl adjacent to an activating group) is 1. The second-order valence-corrected chi connectivity index (χ2v) is 6.75. The molecule has 0 aliphatic carbocycles. The van der Waals surface area contributed by atoms with E-state index in [-0.39, 0.29) is 11.9 Å². The lowest BCUT2D eigenvalue weighted by Gasteiger charge is -2.21. The van der Waals surface area contributed by atoms with Gasteiger partial charge in [0.2, 0.25) is 5.91 Å². The molecule has 0 bridgehead atoms. The molecule has 152 valence electrons. The van der Waals surface area contributed by atoms with Gasteiger partial charge < -0.3 is 19.5 Å². The fraction of sp³-hybridized carbons (Fsp3) is 0.409. The van der Waals surface area contributed by atoms with Crippen LogP contribution in [0.25, 0.3) is 0 Å². The largest absolute Gasteiger partial charge is 0.493 e. The molecule has 0 aliphatic rings. The smallest absolute Gasteiger partial charge is 0.234 e. The maximum atomic E-state index is 12.4. The van der Waals surface area contributed by atoms with E-state index in [1.807, 2.05) is 68.3 Å². The van der Waals surface area contributed by atoms with Crippen molar-refractivity contribution in [3.8, 4) is 17.2 Å². The molecule has 0 heterocycles. The number of methoxy groups -OCH3 is 2. The second-order valence-electron chi connectivity index (χ2n) is 6.75. The lowest BCUT2D eigenvalue weighted by molar-refractivity contribution is -0.122. The number of carbonyl (C=O) groups excluding carboxylic acids is 1. The number of hydrogen-bond acceptors (Lipinski definition) is 5. The minimum atomic E-state index is -0.138. The zero-order chi connectivity index (χ0) is 20.5. The first kappa shape index (κ1) is 21.6. The molecule has 2 aromatic rings. The van der Waals surface area contributed by atoms with Gasteiger partial charge in [-0.25, -0.2) is 0 Å². The van der Waals surface area contributed by atoms with E-state index in [9.17, 15) is 4.79 Å². The van der Waals surface area contributed by atoms with Crippen LogP contribution >= 0.6 is 0 Å². The third-order valence-corrected chi connectivity index (χ3v) is 4.51. The number of para-hydroxylation sites is 1. The Morgan fingerprint density at radius 2 is 1.75 bits per heavy atom. The molecule has 1 atom stereocenters. The highest BCUT2D eigenvalue weighted by Crippen LogP contribution is 2.32. The van der Waals surface area contributed by atoms with Crippen LogP contribution in [-0.2, 0) is 4.79 Å². The molecular formula is C22H30N2O4. The normalized spacial score (nSPS) is 11.8. The number of aryl methyl sites for hydroxylation is 1. The Hall–Kier alpha value is -2.73. The number of ether oxygens (including phenoxy) is 3. The Morgan fingerprint density at radius 1 is 1.11 bits per heavy atom. The van der Waals surface area contributed by atoms with Crippen LogP contribution < -0.4 is 19.5 Å². The van der Waals surface area contributed by atoms with E-state index in [1.54, 1.807) is 14.2 Å². The fourth-order valence-electron chi connectivity index (χ4n) is 2.99. The highest BCUT2D eigenvalue weighted by molar-refractivity contribution is 5.78. The Morgan fingerprint density at radius 3 is 2.39 bits per heavy atom. The van der Waals surface area contributed by atoms with Gasteiger partial charge in [-0.3, -0.25) is 9.69 Å². The van der Waals surface area contributed by atoms with E-state index in [4.69, 9.17) is 14.2 Å². The quantitative estimate of drug-likeness (QED) is 0.680. The first-order valence-corrected chi connectivity index (χ1v) is 9.32. The monoisotopic (exact) mass is 386 g/mol. The van der Waals surface area contributed by atoms with Crippen molar-refractivity contribution in [2.45, 2.75) is 19.9 Å². The van der Waals surface area contributed by atoms with Gasteiger partial charge in [0.15, 0.2) is 11.5 Å². The molecule has 1 amide bonds. The van der Waals surface area contributed by atoms with Crippen LogP contribution in [0.15, 0.2) is 42.5 Å². The molecule has 28 heavy (non-hydrogen) atoms. The lowest BCUT2D eigenvalue weighted by Crippen LogP contribution is -2.38. The Kier molecular flexibility index (Phi) is 8.14. The molecule has 0 radical (unpaired) electrons. The molecule has 0 aliphatic heterocycles. The van der Waals surface area contributed by atoms with Crippen LogP contribution in [0.1, 0.15) is 24.1 Å². The summed E-state index contributed by atoms with van der Waals surface area (Å²) in [4.78, 5) is 14.3. The Bertz CT molecular complexity index is 765. The van der Waals surface area contributed by atoms with Gasteiger partial charge in [-0.15, -0.1) is 0 Å². The topological polar surface area (TPSA) is 60.0 Å². The number of rotatable bonds is 10. The molecule has 6 heteroatoms. The summed E-state index contributed by atoms with van der Waals surface area (Å²) in [5, 5.41) is 3.05. The zero-order valence-electron chi connectivity index (χ0n) is 17.3. The van der Waals surface area contributed by atoms with Crippen LogP contribution in [-0.4, -0.2) is 51.8 Å². The fourth-order valence-corrected chi connectivity index (χ4v) is 2.99. The Balaban J connectivity index is 1.84. The van der Waals surface area contributed by atoms with Gasteiger partial charge in [0.25, 0.3) is 0 Å². The number of nitrogens with zero attached hydrogens (tertiary/aromatic N) is 1. The molecule has 2 rings (SSSR count). The predicted molar refractivity (Wildman–Crippen MR) is 110 cm³/mol. The highest BCUT2D eigenvalue weighted by atomic mass is 16.5. The van der Waals surface area contributed by atoms with Crippen LogP contribution in [0.5, 0.6) is 17.2 Å². The summed E-state index contributed by atoms with van der Waals surface area (Å²) >= 11 is 0. The number of carbonyl (C=O) groups is 1. The van der Waals surface area contributed by atoms with Crippen LogP contribution in [0.2, 0.25) is 0 Å². The predicted octanol–water partition coefficient (Wildman–Crippen LogP) is 3.20. The number of amides is 1. The molecule has 0 saturated carbocycles. The lowest BCUT2D eigenvalue weighted by atomic mass is 10.0. The third kappa shape index (κ3) is 6.16. The zero-order valence-corrected chi connectivity index (χ0v) is 17.3. The van der Waals surface area contributed by atoms with Crippen molar-refractivity contribution < 1.29 is 19.0 Å². The van der Waals surface area contributed by atoms with E-state index in [0.717, 1.165) is 16.9 Å². The molecule has 0 fully saturated rings. The van der Waals surface area contributed by atoms with Gasteiger partial charge in [-0.1, -0.05) is 18.2 Å². The van der Waals surface area contributed by atoms with Crippen molar-refractivity contribution >= 4 is 5.91 Å². The van der Waals surface area contributed by atoms with Crippen LogP contribution in [0, 0.1) is 6.92 Å². The minimum absolute atomic E-state index is 0.0381. The van der Waals surface area contributed by atoms with E-state index >= 15 is 0 Å². The second kappa shape index (κ2) is 10.6. The maximum Gasteiger partial charge on any atom is 0.234 e. The average molecular weight is 386 g/mol. The first-order valence-electron chi connectivity index (χ1n) is 9.32. The third-order valence-electron chi connectivity index (χ3n) is 4.51. The van der Waals surface area contributed by atoms with Crippen LogP contribution in [0.3, 0.4) is 0 Å². The molecule has 0 saturated heterocycles. The number of benzene rings is 2. The molecular weight excluding hydrogens is 356 g/mol. The Labute approximate surface area is 167 Å². The molecule has 2 aromatic carbocycles. The summed E-state index contributed by atoms with van der Waals surface area (Å²) in [5.74, 6) is 2.13. The van der Waals surface area contributed by atoms with Gasteiger partial charge >= 0.3 is 0 Å². The van der Waals surface area contributed by atoms with E-state index < -0.39 is 0 Å². The summed E-state index contributed by atoms with van der Waals surface area (Å²) in [6, 6.07) is 13.3. The summed E-state index contributed by atoms with van der Waals surface area (Å²) in [5.41, 5.74) is 2.04. The van der Waals surface area contributed by atoms with Crippen molar-refractivity contribution in [2.24, 2.45) is 0 Å². The van der Waals surface area contributed by atoms with E-state index in [0.29, 0.717) is 31.2 Å². The summed E-state index contributed by atoms with van der Waals surface area (Å²) in [7, 11) is 5.12. The first-order chi connectivity index (χ1) is 13.4. The summed E-state index contributed by atoms with van der Waals surface area (Å²) in [6.07, 6.45) is 0. The molecule has 6 nitrogen and oxygen atoms in total. The molecule has 0 aromatic heterocycles. The van der Waals surface area contributed by atoms with Crippen molar-refractivity contribution in [3.05, 3.63) is 53.6 Å². The standard InChI is InChI=1S/C22H30N2O4/c1-16-13-20(26-4)21(27-5)14-19(16)17(2)23-22(25)15-24(3)11-12-28-18-9-7-6-8-10-18/h6-10,13-14,17H,11-12,15H2,1-5H3,(H,23,25). The van der Waals surface area contributed by atoms with Gasteiger partial charge in [0.05, 0.1) is 26.8 Å². The van der Waals surface area contributed by atoms with E-state index in [1.165, 1.54) is 0 Å². The van der Waals surface area contributed by atoms with Gasteiger partial charge in [-0.2, -0.15) is 0 Å². The van der Waals surface area contributed by atoms with Crippen molar-refractivity contribution in [2.75, 3.05) is 41.0 Å². The average Bonchev–Trinajstić information content (AvgIpc) is 2.68. The van der Waals surface area contributed by atoms with Gasteiger partial charge in [-0.05, 0) is 56.3 Å². The van der Waals surface area contributed by atoms with Crippen molar-refractivity contribution in [1.82, 2.24) is 10.2 Å². The van der Waals surface area contributed by atoms with Crippen molar-refractivity contribution in [3.63, 3.8) is 0 Å². The summed E-state index contributed by atoms with van der Waals surface area (Å²) in [6.45, 7) is 5.44. The number of nitrogens with one attached hydrogen (secondary N) is 1. The van der Waals surface area contributed by atoms with Gasteiger partial charge in [0.1, 0.15) is 12.4 Å². The molecule has 1 unspecified atom stereocenters. The highest BCUT2D eigenvalue weighted by Gasteiger charge is 2.16.